The Morgan fingerprint density at radius 2 is 2.00 bits per heavy atom. The third-order valence-corrected chi connectivity index (χ3v) is 1.87. The van der Waals surface area contributed by atoms with Gasteiger partial charge in [-0.1, -0.05) is 18.7 Å². The second-order valence-electron chi connectivity index (χ2n) is 2.73. The fourth-order valence-corrected chi connectivity index (χ4v) is 1.07. The van der Waals surface area contributed by atoms with Crippen LogP contribution in [0.4, 0.5) is 10.5 Å². The van der Waals surface area contributed by atoms with Gasteiger partial charge >= 0.3 is 0 Å². The van der Waals surface area contributed by atoms with Gasteiger partial charge < -0.3 is 5.32 Å². The third kappa shape index (κ3) is 2.27. The lowest BCUT2D eigenvalue weighted by Gasteiger charge is -2.04. The predicted molar refractivity (Wildman–Crippen MR) is 53.9 cm³/mol. The zero-order valence-corrected chi connectivity index (χ0v) is 7.98. The van der Waals surface area contributed by atoms with Crippen molar-refractivity contribution in [2.45, 2.75) is 13.8 Å². The maximum atomic E-state index is 10.6. The monoisotopic (exact) mass is 181 g/mol. The van der Waals surface area contributed by atoms with E-state index in [-0.39, 0.29) is 5.24 Å². The van der Waals surface area contributed by atoms with Gasteiger partial charge in [0.05, 0.1) is 0 Å². The number of hydrogen-bond donors (Lipinski definition) is 2. The molecule has 0 fully saturated rings. The lowest BCUT2D eigenvalue weighted by atomic mass is 10.1. The van der Waals surface area contributed by atoms with Crippen LogP contribution in [0, 0.1) is 13.8 Å². The number of benzene rings is 1. The Hall–Kier alpha value is -0.960. The molecule has 12 heavy (non-hydrogen) atoms. The van der Waals surface area contributed by atoms with E-state index in [9.17, 15) is 4.79 Å². The molecule has 0 unspecified atom stereocenters. The zero-order valence-electron chi connectivity index (χ0n) is 7.09. The van der Waals surface area contributed by atoms with Gasteiger partial charge in [-0.05, 0) is 37.1 Å². The summed E-state index contributed by atoms with van der Waals surface area (Å²) in [5, 5.41) is 2.26. The first-order valence-electron chi connectivity index (χ1n) is 3.67. The summed E-state index contributed by atoms with van der Waals surface area (Å²) >= 11 is 3.62. The number of carbonyl (C=O) groups is 1. The van der Waals surface area contributed by atoms with Gasteiger partial charge in [0.1, 0.15) is 0 Å². The molecule has 2 nitrogen and oxygen atoms in total. The summed E-state index contributed by atoms with van der Waals surface area (Å²) in [6, 6.07) is 5.74. The van der Waals surface area contributed by atoms with Crippen LogP contribution in [0.25, 0.3) is 0 Å². The van der Waals surface area contributed by atoms with Crippen LogP contribution < -0.4 is 5.32 Å². The molecular formula is C9H11NOS. The maximum Gasteiger partial charge on any atom is 0.280 e. The van der Waals surface area contributed by atoms with Crippen LogP contribution >= 0.6 is 12.6 Å². The van der Waals surface area contributed by atoms with Crippen molar-refractivity contribution >= 4 is 23.6 Å². The number of hydrogen-bond acceptors (Lipinski definition) is 1. The van der Waals surface area contributed by atoms with Crippen LogP contribution in [-0.4, -0.2) is 5.24 Å². The van der Waals surface area contributed by atoms with Gasteiger partial charge in [0.15, 0.2) is 0 Å². The van der Waals surface area contributed by atoms with E-state index in [2.05, 4.69) is 17.9 Å². The molecule has 0 bridgehead atoms. The van der Waals surface area contributed by atoms with Crippen LogP contribution in [-0.2, 0) is 0 Å². The maximum absolute atomic E-state index is 10.6. The largest absolute Gasteiger partial charge is 0.317 e. The highest BCUT2D eigenvalue weighted by molar-refractivity contribution is 7.96. The molecule has 0 atom stereocenters. The highest BCUT2D eigenvalue weighted by atomic mass is 32.1. The Kier molecular flexibility index (Phi) is 2.76. The highest BCUT2D eigenvalue weighted by Crippen LogP contribution is 2.14. The quantitative estimate of drug-likeness (QED) is 0.641. The fraction of sp³-hybridized carbons (Fsp3) is 0.222. The topological polar surface area (TPSA) is 29.1 Å². The highest BCUT2D eigenvalue weighted by Gasteiger charge is 1.97. The Morgan fingerprint density at radius 1 is 1.33 bits per heavy atom. The first kappa shape index (κ1) is 9.13. The standard InChI is InChI=1S/C9H11NOS/c1-6-3-4-8(5-7(6)2)10-9(11)12/h3-5H,1-2H3,(H2,10,11,12). The van der Waals surface area contributed by atoms with Crippen molar-refractivity contribution in [1.29, 1.82) is 0 Å². The van der Waals surface area contributed by atoms with Crippen LogP contribution in [0.1, 0.15) is 11.1 Å². The Morgan fingerprint density at radius 3 is 2.50 bits per heavy atom. The van der Waals surface area contributed by atoms with Crippen LogP contribution in [0.3, 0.4) is 0 Å². The molecule has 3 heteroatoms. The Labute approximate surface area is 77.4 Å². The fourth-order valence-electron chi connectivity index (χ4n) is 0.943. The van der Waals surface area contributed by atoms with Gasteiger partial charge in [0.25, 0.3) is 5.24 Å². The van der Waals surface area contributed by atoms with Gasteiger partial charge in [-0.25, -0.2) is 0 Å². The predicted octanol–water partition coefficient (Wildman–Crippen LogP) is 2.77. The van der Waals surface area contributed by atoms with Gasteiger partial charge in [-0.3, -0.25) is 4.79 Å². The minimum atomic E-state index is -0.335. The molecule has 0 aliphatic carbocycles. The van der Waals surface area contributed by atoms with Crippen LogP contribution in [0.2, 0.25) is 0 Å². The molecule has 0 radical (unpaired) electrons. The molecule has 0 saturated heterocycles. The van der Waals surface area contributed by atoms with E-state index >= 15 is 0 Å². The van der Waals surface area contributed by atoms with Gasteiger partial charge in [-0.2, -0.15) is 0 Å². The van der Waals surface area contributed by atoms with Crippen molar-refractivity contribution in [3.05, 3.63) is 29.3 Å². The number of carbonyl (C=O) groups excluding carboxylic acids is 1. The molecule has 1 N–H and O–H groups in total. The number of thiol groups is 1. The molecule has 64 valence electrons. The average Bonchev–Trinajstić information content (AvgIpc) is 1.96. The molecule has 0 aliphatic heterocycles. The lowest BCUT2D eigenvalue weighted by molar-refractivity contribution is 0.270. The summed E-state index contributed by atoms with van der Waals surface area (Å²) in [5.41, 5.74) is 3.17. The average molecular weight is 181 g/mol. The molecule has 0 spiro atoms. The van der Waals surface area contributed by atoms with E-state index in [0.29, 0.717) is 0 Å². The van der Waals surface area contributed by atoms with Crippen LogP contribution in [0.15, 0.2) is 18.2 Å². The summed E-state index contributed by atoms with van der Waals surface area (Å²) < 4.78 is 0. The number of anilines is 1. The minimum Gasteiger partial charge on any atom is -0.317 e. The van der Waals surface area contributed by atoms with Crippen LogP contribution in [0.5, 0.6) is 0 Å². The molecule has 1 aromatic carbocycles. The van der Waals surface area contributed by atoms with Gasteiger partial charge in [0, 0.05) is 5.69 Å². The summed E-state index contributed by atoms with van der Waals surface area (Å²) in [6.07, 6.45) is 0. The Balaban J connectivity index is 2.89. The van der Waals surface area contributed by atoms with E-state index in [0.717, 1.165) is 11.3 Å². The van der Waals surface area contributed by atoms with Gasteiger partial charge in [0.2, 0.25) is 0 Å². The zero-order chi connectivity index (χ0) is 9.14. The second kappa shape index (κ2) is 3.63. The summed E-state index contributed by atoms with van der Waals surface area (Å²) in [4.78, 5) is 10.6. The SMILES string of the molecule is Cc1ccc(NC(=O)S)cc1C. The van der Waals surface area contributed by atoms with Crippen molar-refractivity contribution in [2.24, 2.45) is 0 Å². The van der Waals surface area contributed by atoms with Crippen molar-refractivity contribution in [3.8, 4) is 0 Å². The van der Waals surface area contributed by atoms with E-state index in [1.54, 1.807) is 0 Å². The molecule has 1 rings (SSSR count). The van der Waals surface area contributed by atoms with Gasteiger partial charge in [-0.15, -0.1) is 0 Å². The number of amides is 1. The second-order valence-corrected chi connectivity index (χ2v) is 3.14. The normalized spacial score (nSPS) is 9.58. The summed E-state index contributed by atoms with van der Waals surface area (Å²) in [7, 11) is 0. The molecule has 0 aliphatic rings. The summed E-state index contributed by atoms with van der Waals surface area (Å²) in [5.74, 6) is 0. The van der Waals surface area contributed by atoms with Crippen molar-refractivity contribution in [1.82, 2.24) is 0 Å². The molecule has 1 aromatic rings. The lowest BCUT2D eigenvalue weighted by Crippen LogP contribution is -2.01. The summed E-state index contributed by atoms with van der Waals surface area (Å²) in [6.45, 7) is 4.03. The number of nitrogens with one attached hydrogen (secondary N) is 1. The molecule has 0 saturated carbocycles. The smallest absolute Gasteiger partial charge is 0.280 e. The van der Waals surface area contributed by atoms with Crippen molar-refractivity contribution < 1.29 is 4.79 Å². The molecule has 1 amide bonds. The van der Waals surface area contributed by atoms with Crippen molar-refractivity contribution in [3.63, 3.8) is 0 Å². The number of aryl methyl sites for hydroxylation is 2. The van der Waals surface area contributed by atoms with E-state index in [1.165, 1.54) is 5.56 Å². The first-order chi connectivity index (χ1) is 5.59. The Bertz CT molecular complexity index is 309. The molecule has 0 heterocycles. The van der Waals surface area contributed by atoms with E-state index in [4.69, 9.17) is 0 Å². The van der Waals surface area contributed by atoms with E-state index in [1.807, 2.05) is 32.0 Å². The van der Waals surface area contributed by atoms with Crippen molar-refractivity contribution in [2.75, 3.05) is 5.32 Å². The van der Waals surface area contributed by atoms with E-state index < -0.39 is 0 Å². The number of rotatable bonds is 1. The molecule has 0 aromatic heterocycles. The molecular weight excluding hydrogens is 170 g/mol. The third-order valence-electron chi connectivity index (χ3n) is 1.76. The minimum absolute atomic E-state index is 0.335. The first-order valence-corrected chi connectivity index (χ1v) is 4.11.